The number of nitriles is 1. The number of rotatable bonds is 6. The summed E-state index contributed by atoms with van der Waals surface area (Å²) in [7, 11) is 0. The van der Waals surface area contributed by atoms with Crippen LogP contribution in [0.15, 0.2) is 4.79 Å². The van der Waals surface area contributed by atoms with Gasteiger partial charge in [-0.05, 0) is 38.7 Å². The number of aromatic nitrogens is 2. The van der Waals surface area contributed by atoms with Crippen molar-refractivity contribution in [2.45, 2.75) is 59.0 Å². The highest BCUT2D eigenvalue weighted by molar-refractivity contribution is 6.06. The van der Waals surface area contributed by atoms with E-state index >= 15 is 0 Å². The third-order valence-corrected chi connectivity index (χ3v) is 4.34. The van der Waals surface area contributed by atoms with Crippen LogP contribution >= 0.6 is 0 Å². The first kappa shape index (κ1) is 18.6. The van der Waals surface area contributed by atoms with Crippen molar-refractivity contribution in [3.8, 4) is 6.07 Å². The number of nitrogens with zero attached hydrogens (tertiary/aromatic N) is 4. The van der Waals surface area contributed by atoms with Crippen molar-refractivity contribution in [1.82, 2.24) is 20.0 Å². The molecule has 0 aliphatic carbocycles. The first-order valence-corrected chi connectivity index (χ1v) is 8.43. The van der Waals surface area contributed by atoms with E-state index in [1.54, 1.807) is 13.8 Å². The van der Waals surface area contributed by atoms with E-state index in [9.17, 15) is 19.6 Å². The van der Waals surface area contributed by atoms with Gasteiger partial charge in [0.05, 0.1) is 5.69 Å². The molecule has 0 radical (unpaired) electrons. The first-order chi connectivity index (χ1) is 11.8. The van der Waals surface area contributed by atoms with Crippen molar-refractivity contribution < 1.29 is 9.59 Å². The van der Waals surface area contributed by atoms with Crippen LogP contribution in [0.5, 0.6) is 0 Å². The second-order valence-electron chi connectivity index (χ2n) is 6.51. The smallest absolute Gasteiger partial charge is 0.324 e. The van der Waals surface area contributed by atoms with Crippen molar-refractivity contribution in [2.24, 2.45) is 0 Å². The molecule has 2 heterocycles. The number of amides is 3. The van der Waals surface area contributed by atoms with Gasteiger partial charge < -0.3 is 5.32 Å². The Morgan fingerprint density at radius 3 is 2.32 bits per heavy atom. The van der Waals surface area contributed by atoms with E-state index < -0.39 is 17.1 Å². The molecule has 8 nitrogen and oxygen atoms in total. The highest BCUT2D eigenvalue weighted by atomic mass is 16.2. The summed E-state index contributed by atoms with van der Waals surface area (Å²) in [6, 6.07) is 1.56. The number of carbonyl (C=O) groups is 2. The van der Waals surface area contributed by atoms with Gasteiger partial charge in [0.15, 0.2) is 0 Å². The van der Waals surface area contributed by atoms with Crippen molar-refractivity contribution in [1.29, 1.82) is 5.26 Å². The van der Waals surface area contributed by atoms with Crippen molar-refractivity contribution in [3.05, 3.63) is 27.2 Å². The molecule has 0 aromatic carbocycles. The predicted molar refractivity (Wildman–Crippen MR) is 90.9 cm³/mol. The zero-order valence-electron chi connectivity index (χ0n) is 15.0. The van der Waals surface area contributed by atoms with Crippen LogP contribution in [0.3, 0.4) is 0 Å². The van der Waals surface area contributed by atoms with Crippen LogP contribution < -0.4 is 10.9 Å². The van der Waals surface area contributed by atoms with Gasteiger partial charge in [0.1, 0.15) is 17.2 Å². The van der Waals surface area contributed by atoms with Gasteiger partial charge in [0.2, 0.25) is 0 Å². The molecule has 2 rings (SSSR count). The number of aryl methyl sites for hydroxylation is 2. The Hall–Kier alpha value is -2.69. The van der Waals surface area contributed by atoms with Crippen LogP contribution in [0.2, 0.25) is 0 Å². The normalized spacial score (nSPS) is 16.0. The molecule has 0 unspecified atom stereocenters. The van der Waals surface area contributed by atoms with Gasteiger partial charge in [-0.2, -0.15) is 10.4 Å². The van der Waals surface area contributed by atoms with Crippen LogP contribution in [0.1, 0.15) is 50.9 Å². The fourth-order valence-electron chi connectivity index (χ4n) is 2.99. The first-order valence-electron chi connectivity index (χ1n) is 8.43. The lowest BCUT2D eigenvalue weighted by atomic mass is 10.0. The SMILES string of the molecule is CCc1nn(CCCN2C(=O)NC(C)(C)C2=O)c(=O)c(C#N)c1CC. The third-order valence-electron chi connectivity index (χ3n) is 4.34. The quantitative estimate of drug-likeness (QED) is 0.773. The highest BCUT2D eigenvalue weighted by Crippen LogP contribution is 2.17. The van der Waals surface area contributed by atoms with E-state index in [1.165, 1.54) is 4.68 Å². The number of nitrogens with one attached hydrogen (secondary N) is 1. The van der Waals surface area contributed by atoms with Crippen LogP contribution in [-0.2, 0) is 24.2 Å². The molecule has 134 valence electrons. The van der Waals surface area contributed by atoms with E-state index in [-0.39, 0.29) is 24.6 Å². The maximum absolute atomic E-state index is 12.4. The second-order valence-corrected chi connectivity index (χ2v) is 6.51. The van der Waals surface area contributed by atoms with Crippen LogP contribution in [0.25, 0.3) is 0 Å². The summed E-state index contributed by atoms with van der Waals surface area (Å²) in [6.45, 7) is 7.54. The van der Waals surface area contributed by atoms with Crippen LogP contribution in [-0.4, -0.2) is 38.7 Å². The number of carbonyl (C=O) groups excluding carboxylic acids is 2. The van der Waals surface area contributed by atoms with Crippen molar-refractivity contribution in [2.75, 3.05) is 6.54 Å². The molecule has 25 heavy (non-hydrogen) atoms. The Labute approximate surface area is 146 Å². The van der Waals surface area contributed by atoms with Crippen molar-refractivity contribution in [3.63, 3.8) is 0 Å². The Bertz CT molecular complexity index is 804. The molecule has 0 atom stereocenters. The van der Waals surface area contributed by atoms with Gasteiger partial charge >= 0.3 is 6.03 Å². The number of urea groups is 1. The maximum atomic E-state index is 12.4. The Morgan fingerprint density at radius 2 is 1.84 bits per heavy atom. The largest absolute Gasteiger partial charge is 0.325 e. The van der Waals surface area contributed by atoms with Gasteiger partial charge in [0, 0.05) is 13.1 Å². The summed E-state index contributed by atoms with van der Waals surface area (Å²) in [5.74, 6) is -0.286. The Morgan fingerprint density at radius 1 is 1.16 bits per heavy atom. The predicted octanol–water partition coefficient (Wildman–Crippen LogP) is 0.960. The molecule has 1 saturated heterocycles. The molecule has 1 aliphatic heterocycles. The maximum Gasteiger partial charge on any atom is 0.325 e. The zero-order chi connectivity index (χ0) is 18.8. The standard InChI is InChI=1S/C17H23N5O3/c1-5-11-12(10-18)14(23)22(20-13(11)6-2)9-7-8-21-15(24)17(3,4)19-16(21)25/h5-9H2,1-4H3,(H,19,25). The second kappa shape index (κ2) is 7.05. The van der Waals surface area contributed by atoms with Crippen molar-refractivity contribution >= 4 is 11.9 Å². The molecule has 1 aromatic heterocycles. The van der Waals surface area contributed by atoms with E-state index in [2.05, 4.69) is 10.4 Å². The lowest BCUT2D eigenvalue weighted by Gasteiger charge is -2.16. The fraction of sp³-hybridized carbons (Fsp3) is 0.588. The topological polar surface area (TPSA) is 108 Å². The Balaban J connectivity index is 2.17. The molecule has 0 spiro atoms. The summed E-state index contributed by atoms with van der Waals surface area (Å²) in [5.41, 5.74) is 0.231. The minimum Gasteiger partial charge on any atom is -0.324 e. The molecular formula is C17H23N5O3. The average molecular weight is 345 g/mol. The minimum absolute atomic E-state index is 0.130. The van der Waals surface area contributed by atoms with Gasteiger partial charge in [-0.15, -0.1) is 0 Å². The summed E-state index contributed by atoms with van der Waals surface area (Å²) >= 11 is 0. The molecule has 1 fully saturated rings. The van der Waals surface area contributed by atoms with Crippen LogP contribution in [0, 0.1) is 11.3 Å². The highest BCUT2D eigenvalue weighted by Gasteiger charge is 2.43. The van der Waals surface area contributed by atoms with Gasteiger partial charge in [0.25, 0.3) is 11.5 Å². The van der Waals surface area contributed by atoms with Crippen LogP contribution in [0.4, 0.5) is 4.79 Å². The minimum atomic E-state index is -0.904. The third kappa shape index (κ3) is 3.40. The summed E-state index contributed by atoms with van der Waals surface area (Å²) < 4.78 is 1.26. The van der Waals surface area contributed by atoms with E-state index in [0.717, 1.165) is 10.6 Å². The Kier molecular flexibility index (Phi) is 5.26. The molecule has 1 aliphatic rings. The number of hydrogen-bond acceptors (Lipinski definition) is 5. The van der Waals surface area contributed by atoms with Gasteiger partial charge in [-0.25, -0.2) is 9.48 Å². The molecule has 8 heteroatoms. The summed E-state index contributed by atoms with van der Waals surface area (Å²) in [4.78, 5) is 37.6. The summed E-state index contributed by atoms with van der Waals surface area (Å²) in [5, 5.41) is 16.3. The van der Waals surface area contributed by atoms with E-state index in [4.69, 9.17) is 0 Å². The average Bonchev–Trinajstić information content (AvgIpc) is 2.76. The molecular weight excluding hydrogens is 322 g/mol. The molecule has 0 bridgehead atoms. The number of imide groups is 1. The lowest BCUT2D eigenvalue weighted by Crippen LogP contribution is -2.40. The molecule has 3 amide bonds. The van der Waals surface area contributed by atoms with Gasteiger partial charge in [-0.1, -0.05) is 13.8 Å². The van der Waals surface area contributed by atoms with E-state index in [1.807, 2.05) is 19.9 Å². The summed E-state index contributed by atoms with van der Waals surface area (Å²) in [6.07, 6.45) is 1.59. The fourth-order valence-corrected chi connectivity index (χ4v) is 2.99. The molecule has 0 saturated carbocycles. The zero-order valence-corrected chi connectivity index (χ0v) is 15.0. The molecule has 1 N–H and O–H groups in total. The monoisotopic (exact) mass is 345 g/mol. The van der Waals surface area contributed by atoms with E-state index in [0.29, 0.717) is 24.8 Å². The van der Waals surface area contributed by atoms with Gasteiger partial charge in [-0.3, -0.25) is 14.5 Å². The molecule has 1 aromatic rings. The number of hydrogen-bond donors (Lipinski definition) is 1. The lowest BCUT2D eigenvalue weighted by molar-refractivity contribution is -0.130.